The van der Waals surface area contributed by atoms with E-state index >= 15 is 0 Å². The van der Waals surface area contributed by atoms with Gasteiger partial charge in [-0.2, -0.15) is 0 Å². The number of sulfonamides is 1. The van der Waals surface area contributed by atoms with Crippen LogP contribution in [0.15, 0.2) is 48.5 Å². The lowest BCUT2D eigenvalue weighted by Gasteiger charge is -2.31. The van der Waals surface area contributed by atoms with Crippen LogP contribution in [-0.4, -0.2) is 50.5 Å². The summed E-state index contributed by atoms with van der Waals surface area (Å²) in [4.78, 5) is 28.0. The Labute approximate surface area is 210 Å². The molecule has 2 aromatic carbocycles. The summed E-state index contributed by atoms with van der Waals surface area (Å²) in [5, 5.41) is 2.92. The fourth-order valence-corrected chi connectivity index (χ4v) is 5.11. The second kappa shape index (κ2) is 13.3. The Morgan fingerprint density at radius 2 is 1.60 bits per heavy atom. The van der Waals surface area contributed by atoms with Crippen molar-refractivity contribution in [3.63, 3.8) is 0 Å². The van der Waals surface area contributed by atoms with Gasteiger partial charge in [0.25, 0.3) is 0 Å². The molecule has 0 spiro atoms. The number of rotatable bonds is 13. The first-order valence-corrected chi connectivity index (χ1v) is 14.1. The van der Waals surface area contributed by atoms with Crippen LogP contribution in [0.4, 0.5) is 5.69 Å². The maximum Gasteiger partial charge on any atom is 0.242 e. The molecule has 0 saturated heterocycles. The average molecular weight is 502 g/mol. The second-order valence-corrected chi connectivity index (χ2v) is 10.8. The molecule has 0 aromatic heterocycles. The van der Waals surface area contributed by atoms with Crippen LogP contribution in [-0.2, 0) is 26.2 Å². The van der Waals surface area contributed by atoms with E-state index in [9.17, 15) is 18.0 Å². The van der Waals surface area contributed by atoms with Crippen molar-refractivity contribution in [3.8, 4) is 0 Å². The third-order valence-corrected chi connectivity index (χ3v) is 7.25. The topological polar surface area (TPSA) is 86.8 Å². The van der Waals surface area contributed by atoms with Gasteiger partial charge in [-0.05, 0) is 55.9 Å². The number of carbonyl (C=O) groups excluding carboxylic acids is 2. The van der Waals surface area contributed by atoms with E-state index in [-0.39, 0.29) is 24.8 Å². The molecule has 0 aliphatic rings. The monoisotopic (exact) mass is 501 g/mol. The molecule has 0 unspecified atom stereocenters. The highest BCUT2D eigenvalue weighted by Crippen LogP contribution is 2.23. The average Bonchev–Trinajstić information content (AvgIpc) is 2.81. The van der Waals surface area contributed by atoms with Gasteiger partial charge in [0, 0.05) is 26.1 Å². The molecule has 0 bridgehead atoms. The van der Waals surface area contributed by atoms with Gasteiger partial charge in [-0.25, -0.2) is 8.42 Å². The Morgan fingerprint density at radius 1 is 0.971 bits per heavy atom. The van der Waals surface area contributed by atoms with Gasteiger partial charge in [-0.3, -0.25) is 13.9 Å². The fraction of sp³-hybridized carbons (Fsp3) is 0.481. The Kier molecular flexibility index (Phi) is 10.8. The summed E-state index contributed by atoms with van der Waals surface area (Å²) in [6.45, 7) is 8.81. The quantitative estimate of drug-likeness (QED) is 0.446. The Balaban J connectivity index is 2.22. The Morgan fingerprint density at radius 3 is 2.17 bits per heavy atom. The third-order valence-electron chi connectivity index (χ3n) is 6.07. The molecular weight excluding hydrogens is 462 g/mol. The Bertz CT molecular complexity index is 1100. The van der Waals surface area contributed by atoms with Crippen molar-refractivity contribution in [1.29, 1.82) is 0 Å². The first-order valence-electron chi connectivity index (χ1n) is 12.2. The number of anilines is 1. The molecule has 35 heavy (non-hydrogen) atoms. The second-order valence-electron chi connectivity index (χ2n) is 8.89. The van der Waals surface area contributed by atoms with E-state index in [1.165, 1.54) is 10.6 Å². The van der Waals surface area contributed by atoms with Crippen LogP contribution >= 0.6 is 0 Å². The lowest BCUT2D eigenvalue weighted by atomic mass is 10.1. The van der Waals surface area contributed by atoms with Gasteiger partial charge < -0.3 is 10.2 Å². The molecule has 192 valence electrons. The number of nitrogens with zero attached hydrogens (tertiary/aromatic N) is 2. The van der Waals surface area contributed by atoms with Gasteiger partial charge in [0.2, 0.25) is 21.8 Å². The molecule has 2 amide bonds. The van der Waals surface area contributed by atoms with Crippen LogP contribution in [0, 0.1) is 13.8 Å². The molecule has 1 N–H and O–H groups in total. The van der Waals surface area contributed by atoms with Gasteiger partial charge >= 0.3 is 0 Å². The van der Waals surface area contributed by atoms with Crippen molar-refractivity contribution in [2.45, 2.75) is 66.0 Å². The van der Waals surface area contributed by atoms with Crippen molar-refractivity contribution in [2.75, 3.05) is 23.7 Å². The van der Waals surface area contributed by atoms with Crippen molar-refractivity contribution in [1.82, 2.24) is 10.2 Å². The zero-order valence-electron chi connectivity index (χ0n) is 21.6. The molecule has 0 fully saturated rings. The molecule has 7 nitrogen and oxygen atoms in total. The molecule has 0 aliphatic heterocycles. The number of hydrogen-bond acceptors (Lipinski definition) is 4. The van der Waals surface area contributed by atoms with Crippen LogP contribution in [0.2, 0.25) is 0 Å². The molecular formula is C27H39N3O4S. The van der Waals surface area contributed by atoms with E-state index in [1.54, 1.807) is 17.0 Å². The number of hydrogen-bond donors (Lipinski definition) is 1. The largest absolute Gasteiger partial charge is 0.354 e. The normalized spacial score (nSPS) is 12.1. The number of para-hydroxylation sites is 1. The zero-order chi connectivity index (χ0) is 26.0. The third kappa shape index (κ3) is 8.09. The predicted octanol–water partition coefficient (Wildman–Crippen LogP) is 4.18. The molecule has 0 aliphatic carbocycles. The molecule has 0 saturated carbocycles. The SMILES string of the molecule is CCCNC(=O)[C@H](CC)N(Cc1ccccc1C)C(=O)CCCN(c1ccccc1C)S(C)(=O)=O. The molecule has 8 heteroatoms. The van der Waals surface area contributed by atoms with Crippen molar-refractivity contribution >= 4 is 27.5 Å². The van der Waals surface area contributed by atoms with Gasteiger partial charge in [-0.1, -0.05) is 56.3 Å². The predicted molar refractivity (Wildman–Crippen MR) is 142 cm³/mol. The maximum atomic E-state index is 13.5. The smallest absolute Gasteiger partial charge is 0.242 e. The summed E-state index contributed by atoms with van der Waals surface area (Å²) in [5.74, 6) is -0.320. The van der Waals surface area contributed by atoms with E-state index in [2.05, 4.69) is 5.32 Å². The van der Waals surface area contributed by atoms with Gasteiger partial charge in [0.05, 0.1) is 11.9 Å². The van der Waals surface area contributed by atoms with E-state index in [0.717, 1.165) is 23.1 Å². The molecule has 0 radical (unpaired) electrons. The number of benzene rings is 2. The summed E-state index contributed by atoms with van der Waals surface area (Å²) >= 11 is 0. The van der Waals surface area contributed by atoms with Gasteiger partial charge in [0.1, 0.15) is 6.04 Å². The van der Waals surface area contributed by atoms with E-state index in [1.807, 2.05) is 64.1 Å². The minimum Gasteiger partial charge on any atom is -0.354 e. The van der Waals surface area contributed by atoms with E-state index in [4.69, 9.17) is 0 Å². The summed E-state index contributed by atoms with van der Waals surface area (Å²) in [7, 11) is -3.51. The molecule has 2 aromatic rings. The lowest BCUT2D eigenvalue weighted by molar-refractivity contribution is -0.141. The number of carbonyl (C=O) groups is 2. The molecule has 1 atom stereocenters. The van der Waals surface area contributed by atoms with Crippen molar-refractivity contribution in [3.05, 3.63) is 65.2 Å². The van der Waals surface area contributed by atoms with Gasteiger partial charge in [0.15, 0.2) is 0 Å². The Hall–Kier alpha value is -2.87. The van der Waals surface area contributed by atoms with Crippen LogP contribution in [0.3, 0.4) is 0 Å². The van der Waals surface area contributed by atoms with Gasteiger partial charge in [-0.15, -0.1) is 0 Å². The van der Waals surface area contributed by atoms with Crippen LogP contribution < -0.4 is 9.62 Å². The highest BCUT2D eigenvalue weighted by molar-refractivity contribution is 7.92. The highest BCUT2D eigenvalue weighted by Gasteiger charge is 2.29. The number of nitrogens with one attached hydrogen (secondary N) is 1. The number of aryl methyl sites for hydroxylation is 2. The first-order chi connectivity index (χ1) is 16.6. The standard InChI is InChI=1S/C27H39N3O4S/c1-6-18-28-27(32)24(7-2)29(20-23-15-10-8-13-21(23)3)26(31)17-12-19-30(35(5,33)34)25-16-11-9-14-22(25)4/h8-11,13-16,24H,6-7,12,17-20H2,1-5H3,(H,28,32)/t24-/m0/s1. The highest BCUT2D eigenvalue weighted by atomic mass is 32.2. The number of amides is 2. The minimum absolute atomic E-state index is 0.140. The first kappa shape index (κ1) is 28.4. The van der Waals surface area contributed by atoms with Crippen molar-refractivity contribution < 1.29 is 18.0 Å². The molecule has 2 rings (SSSR count). The fourth-order valence-electron chi connectivity index (χ4n) is 4.08. The van der Waals surface area contributed by atoms with Crippen LogP contribution in [0.25, 0.3) is 0 Å². The van der Waals surface area contributed by atoms with E-state index in [0.29, 0.717) is 31.6 Å². The lowest BCUT2D eigenvalue weighted by Crippen LogP contribution is -2.49. The summed E-state index contributed by atoms with van der Waals surface area (Å²) < 4.78 is 26.3. The van der Waals surface area contributed by atoms with E-state index < -0.39 is 16.1 Å². The minimum atomic E-state index is -3.51. The summed E-state index contributed by atoms with van der Waals surface area (Å²) in [6, 6.07) is 14.5. The summed E-state index contributed by atoms with van der Waals surface area (Å²) in [6.07, 6.45) is 2.97. The molecule has 0 heterocycles. The maximum absolute atomic E-state index is 13.5. The van der Waals surface area contributed by atoms with Crippen molar-refractivity contribution in [2.24, 2.45) is 0 Å². The van der Waals surface area contributed by atoms with Crippen LogP contribution in [0.1, 0.15) is 56.2 Å². The van der Waals surface area contributed by atoms with Crippen LogP contribution in [0.5, 0.6) is 0 Å². The summed E-state index contributed by atoms with van der Waals surface area (Å²) in [5.41, 5.74) is 3.51. The zero-order valence-corrected chi connectivity index (χ0v) is 22.4.